The maximum atomic E-state index is 12.2. The van der Waals surface area contributed by atoms with Gasteiger partial charge in [0, 0.05) is 26.2 Å². The minimum Gasteiger partial charge on any atom is -0.338 e. The number of piperazine rings is 1. The smallest absolute Gasteiger partial charge is 0.338 e. The molecule has 0 saturated carbocycles. The fourth-order valence-electron chi connectivity index (χ4n) is 2.39. The number of hydrogen-bond donors (Lipinski definition) is 1. The molecule has 1 aromatic rings. The molecule has 1 aliphatic heterocycles. The first-order chi connectivity index (χ1) is 10.7. The number of anilines is 2. The molecule has 9 heteroatoms. The molecule has 1 aromatic heterocycles. The van der Waals surface area contributed by atoms with Crippen LogP contribution in [0.3, 0.4) is 0 Å². The van der Waals surface area contributed by atoms with Crippen molar-refractivity contribution >= 4 is 17.5 Å². The summed E-state index contributed by atoms with van der Waals surface area (Å²) in [5, 5.41) is 2.26. The lowest BCUT2D eigenvalue weighted by atomic mass is 10.2. The lowest BCUT2D eigenvalue weighted by Gasteiger charge is -2.32. The molecule has 6 nitrogen and oxygen atoms in total. The Hall–Kier alpha value is -1.90. The summed E-state index contributed by atoms with van der Waals surface area (Å²) < 4.78 is 36.7. The monoisotopic (exact) mass is 331 g/mol. The van der Waals surface area contributed by atoms with Crippen LogP contribution in [0.5, 0.6) is 0 Å². The average molecular weight is 331 g/mol. The number of rotatable bonds is 3. The van der Waals surface area contributed by atoms with Crippen molar-refractivity contribution in [2.75, 3.05) is 43.4 Å². The summed E-state index contributed by atoms with van der Waals surface area (Å²) in [7, 11) is 2.04. The molecule has 128 valence electrons. The first kappa shape index (κ1) is 17.5. The quantitative estimate of drug-likeness (QED) is 0.914. The Bertz CT molecular complexity index is 559. The van der Waals surface area contributed by atoms with Gasteiger partial charge >= 0.3 is 6.18 Å². The zero-order chi connectivity index (χ0) is 17.2. The number of alkyl halides is 3. The van der Waals surface area contributed by atoms with Crippen LogP contribution in [0.2, 0.25) is 0 Å². The first-order valence-corrected chi connectivity index (χ1v) is 7.31. The minimum atomic E-state index is -4.54. The van der Waals surface area contributed by atoms with Gasteiger partial charge in [-0.3, -0.25) is 4.79 Å². The van der Waals surface area contributed by atoms with E-state index in [1.807, 2.05) is 11.9 Å². The van der Waals surface area contributed by atoms with Gasteiger partial charge in [-0.1, -0.05) is 0 Å². The highest BCUT2D eigenvalue weighted by Crippen LogP contribution is 2.24. The van der Waals surface area contributed by atoms with Crippen LogP contribution in [0.15, 0.2) is 0 Å². The topological polar surface area (TPSA) is 61.4 Å². The largest absolute Gasteiger partial charge is 0.397 e. The number of carbonyl (C=O) groups excluding carboxylic acids is 1. The number of halogens is 3. The number of hydrogen-bond acceptors (Lipinski definition) is 5. The summed E-state index contributed by atoms with van der Waals surface area (Å²) >= 11 is 0. The van der Waals surface area contributed by atoms with Crippen molar-refractivity contribution in [2.45, 2.75) is 26.4 Å². The Morgan fingerprint density at radius 2 is 1.65 bits per heavy atom. The van der Waals surface area contributed by atoms with Crippen molar-refractivity contribution < 1.29 is 18.0 Å². The molecular weight excluding hydrogens is 311 g/mol. The van der Waals surface area contributed by atoms with Crippen molar-refractivity contribution in [3.63, 3.8) is 0 Å². The van der Waals surface area contributed by atoms with E-state index in [9.17, 15) is 18.0 Å². The van der Waals surface area contributed by atoms with Gasteiger partial charge in [-0.05, 0) is 20.9 Å². The summed E-state index contributed by atoms with van der Waals surface area (Å²) in [5.41, 5.74) is 1.17. The summed E-state index contributed by atoms with van der Waals surface area (Å²) in [6.07, 6.45) is -6.06. The number of nitrogens with one attached hydrogen (secondary N) is 1. The Morgan fingerprint density at radius 1 is 1.13 bits per heavy atom. The third-order valence-electron chi connectivity index (χ3n) is 3.67. The molecular formula is C14H20F3N5O. The van der Waals surface area contributed by atoms with Crippen molar-refractivity contribution in [1.82, 2.24) is 14.9 Å². The molecule has 0 radical (unpaired) electrons. The van der Waals surface area contributed by atoms with Crippen LogP contribution >= 0.6 is 0 Å². The van der Waals surface area contributed by atoms with E-state index in [0.29, 0.717) is 17.3 Å². The second-order valence-electron chi connectivity index (χ2n) is 5.70. The number of aromatic nitrogens is 2. The van der Waals surface area contributed by atoms with E-state index in [0.717, 1.165) is 26.2 Å². The molecule has 1 fully saturated rings. The standard InChI is InChI=1S/C14H20F3N5O/c1-9-12(20-11(23)8-14(15,16)17)10(2)19-13(18-9)22-6-4-21(3)5-7-22/h4-8H2,1-3H3,(H,20,23). The Morgan fingerprint density at radius 3 is 2.13 bits per heavy atom. The van der Waals surface area contributed by atoms with Crippen LogP contribution in [0.1, 0.15) is 17.8 Å². The van der Waals surface area contributed by atoms with Gasteiger partial charge in [0.05, 0.1) is 17.1 Å². The minimum absolute atomic E-state index is 0.247. The number of amides is 1. The molecule has 1 saturated heterocycles. The second kappa shape index (κ2) is 6.69. The SMILES string of the molecule is Cc1nc(N2CCN(C)CC2)nc(C)c1NC(=O)CC(F)(F)F. The summed E-state index contributed by atoms with van der Waals surface area (Å²) in [5.74, 6) is -0.568. The molecule has 0 aromatic carbocycles. The molecule has 2 heterocycles. The number of carbonyl (C=O) groups is 1. The predicted molar refractivity (Wildman–Crippen MR) is 80.5 cm³/mol. The van der Waals surface area contributed by atoms with E-state index >= 15 is 0 Å². The maximum Gasteiger partial charge on any atom is 0.397 e. The fourth-order valence-corrected chi connectivity index (χ4v) is 2.39. The molecule has 1 aliphatic rings. The molecule has 0 aliphatic carbocycles. The van der Waals surface area contributed by atoms with E-state index < -0.39 is 18.5 Å². The summed E-state index contributed by atoms with van der Waals surface area (Å²) in [4.78, 5) is 24.3. The van der Waals surface area contributed by atoms with E-state index in [4.69, 9.17) is 0 Å². The van der Waals surface area contributed by atoms with Crippen molar-refractivity contribution in [3.05, 3.63) is 11.4 Å². The van der Waals surface area contributed by atoms with Crippen LogP contribution in [0, 0.1) is 13.8 Å². The number of aryl methyl sites for hydroxylation is 2. The first-order valence-electron chi connectivity index (χ1n) is 7.31. The third kappa shape index (κ3) is 4.78. The molecule has 1 amide bonds. The molecule has 0 spiro atoms. The van der Waals surface area contributed by atoms with Gasteiger partial charge in [0.2, 0.25) is 11.9 Å². The summed E-state index contributed by atoms with van der Waals surface area (Å²) in [6, 6.07) is 0. The Kier molecular flexibility index (Phi) is 5.08. The van der Waals surface area contributed by atoms with Crippen molar-refractivity contribution in [1.29, 1.82) is 0 Å². The normalized spacial score (nSPS) is 16.5. The summed E-state index contributed by atoms with van der Waals surface area (Å²) in [6.45, 7) is 6.66. The molecule has 23 heavy (non-hydrogen) atoms. The van der Waals surface area contributed by atoms with E-state index in [2.05, 4.69) is 20.2 Å². The number of nitrogens with zero attached hydrogens (tertiary/aromatic N) is 4. The van der Waals surface area contributed by atoms with Gasteiger partial charge in [-0.2, -0.15) is 13.2 Å². The number of likely N-dealkylation sites (N-methyl/N-ethyl adjacent to an activating group) is 1. The average Bonchev–Trinajstić information content (AvgIpc) is 2.41. The molecule has 0 atom stereocenters. The van der Waals surface area contributed by atoms with E-state index in [1.54, 1.807) is 13.8 Å². The second-order valence-corrected chi connectivity index (χ2v) is 5.70. The van der Waals surface area contributed by atoms with Crippen molar-refractivity contribution in [3.8, 4) is 0 Å². The van der Waals surface area contributed by atoms with Gasteiger partial charge < -0.3 is 15.1 Å². The van der Waals surface area contributed by atoms with Crippen LogP contribution in [-0.2, 0) is 4.79 Å². The highest BCUT2D eigenvalue weighted by atomic mass is 19.4. The fraction of sp³-hybridized carbons (Fsp3) is 0.643. The van der Waals surface area contributed by atoms with E-state index in [-0.39, 0.29) is 5.69 Å². The molecule has 1 N–H and O–H groups in total. The van der Waals surface area contributed by atoms with Gasteiger partial charge in [-0.15, -0.1) is 0 Å². The molecule has 0 bridgehead atoms. The lowest BCUT2D eigenvalue weighted by Crippen LogP contribution is -2.45. The van der Waals surface area contributed by atoms with Crippen molar-refractivity contribution in [2.24, 2.45) is 0 Å². The van der Waals surface area contributed by atoms with Gasteiger partial charge in [0.25, 0.3) is 0 Å². The van der Waals surface area contributed by atoms with Gasteiger partial charge in [-0.25, -0.2) is 9.97 Å². The highest BCUT2D eigenvalue weighted by molar-refractivity contribution is 5.92. The zero-order valence-corrected chi connectivity index (χ0v) is 13.4. The molecule has 2 rings (SSSR count). The maximum absolute atomic E-state index is 12.2. The zero-order valence-electron chi connectivity index (χ0n) is 13.4. The predicted octanol–water partition coefficient (Wildman–Crippen LogP) is 1.74. The third-order valence-corrected chi connectivity index (χ3v) is 3.67. The van der Waals surface area contributed by atoms with Crippen LogP contribution in [0.25, 0.3) is 0 Å². The van der Waals surface area contributed by atoms with Gasteiger partial charge in [0.15, 0.2) is 0 Å². The van der Waals surface area contributed by atoms with Crippen LogP contribution < -0.4 is 10.2 Å². The van der Waals surface area contributed by atoms with Crippen LogP contribution in [-0.4, -0.2) is 60.2 Å². The van der Waals surface area contributed by atoms with Crippen LogP contribution in [0.4, 0.5) is 24.8 Å². The molecule has 0 unspecified atom stereocenters. The Balaban J connectivity index is 2.13. The van der Waals surface area contributed by atoms with E-state index in [1.165, 1.54) is 0 Å². The Labute approximate surface area is 132 Å². The lowest BCUT2D eigenvalue weighted by molar-refractivity contribution is -0.150. The highest BCUT2D eigenvalue weighted by Gasteiger charge is 2.31. The van der Waals surface area contributed by atoms with Gasteiger partial charge in [0.1, 0.15) is 6.42 Å².